The van der Waals surface area contributed by atoms with Crippen LogP contribution in [0.15, 0.2) is 0 Å². The van der Waals surface area contributed by atoms with Crippen molar-refractivity contribution in [2.45, 2.75) is 23.9 Å². The van der Waals surface area contributed by atoms with Crippen LogP contribution in [-0.2, 0) is 0 Å². The number of aliphatic hydroxyl groups excluding tert-OH is 1. The molecule has 3 nitrogen and oxygen atoms in total. The van der Waals surface area contributed by atoms with Crippen LogP contribution >= 0.6 is 23.2 Å². The summed E-state index contributed by atoms with van der Waals surface area (Å²) in [5, 5.41) is 17.1. The van der Waals surface area contributed by atoms with Crippen LogP contribution in [0.1, 0.15) is 6.92 Å². The third kappa shape index (κ3) is 3.23. The van der Waals surface area contributed by atoms with Gasteiger partial charge in [0.1, 0.15) is 10.9 Å². The van der Waals surface area contributed by atoms with E-state index < -0.39 is 17.0 Å². The van der Waals surface area contributed by atoms with Gasteiger partial charge in [-0.15, -0.1) is 23.2 Å². The van der Waals surface area contributed by atoms with Crippen molar-refractivity contribution >= 4 is 23.2 Å². The first kappa shape index (κ1) is 9.46. The minimum Gasteiger partial charge on any atom is -0.389 e. The fourth-order valence-electron chi connectivity index (χ4n) is 0.295. The van der Waals surface area contributed by atoms with Crippen LogP contribution in [0, 0.1) is 0 Å². The van der Waals surface area contributed by atoms with Crippen molar-refractivity contribution < 1.29 is 10.3 Å². The van der Waals surface area contributed by atoms with Gasteiger partial charge in [-0.2, -0.15) is 0 Å². The largest absolute Gasteiger partial charge is 0.389 e. The van der Waals surface area contributed by atoms with E-state index in [1.165, 1.54) is 0 Å². The predicted molar refractivity (Wildman–Crippen MR) is 35.9 cm³/mol. The minimum atomic E-state index is -0.946. The molecule has 0 aliphatic heterocycles. The Morgan fingerprint density at radius 3 is 2.00 bits per heavy atom. The summed E-state index contributed by atoms with van der Waals surface area (Å²) in [6.07, 6.45) is -0.946. The third-order valence-corrected chi connectivity index (χ3v) is 1.49. The number of hydrogen-bond donors (Lipinski definition) is 3. The first-order chi connectivity index (χ1) is 4.09. The number of alkyl halides is 2. The Kier molecular flexibility index (Phi) is 4.52. The maximum Gasteiger partial charge on any atom is 0.135 e. The molecule has 56 valence electrons. The lowest BCUT2D eigenvalue weighted by Crippen LogP contribution is -2.38. The van der Waals surface area contributed by atoms with E-state index in [1.54, 1.807) is 6.92 Å². The van der Waals surface area contributed by atoms with Gasteiger partial charge in [0.15, 0.2) is 0 Å². The number of hydroxylamine groups is 1. The van der Waals surface area contributed by atoms with Crippen molar-refractivity contribution in [3.8, 4) is 0 Å². The summed E-state index contributed by atoms with van der Waals surface area (Å²) < 4.78 is 0. The summed E-state index contributed by atoms with van der Waals surface area (Å²) in [6.45, 7) is 1.56. The highest BCUT2D eigenvalue weighted by atomic mass is 35.5. The first-order valence-electron chi connectivity index (χ1n) is 2.45. The summed E-state index contributed by atoms with van der Waals surface area (Å²) in [5.41, 5.74) is 1.83. The van der Waals surface area contributed by atoms with Gasteiger partial charge >= 0.3 is 0 Å². The zero-order valence-electron chi connectivity index (χ0n) is 4.88. The zero-order valence-corrected chi connectivity index (χ0v) is 6.39. The van der Waals surface area contributed by atoms with Gasteiger partial charge in [0, 0.05) is 0 Å². The van der Waals surface area contributed by atoms with Gasteiger partial charge in [-0.3, -0.25) is 0 Å². The average molecular weight is 174 g/mol. The number of hydrogen-bond acceptors (Lipinski definition) is 3. The second-order valence-electron chi connectivity index (χ2n) is 1.74. The second-order valence-corrected chi connectivity index (χ2v) is 2.91. The molecule has 0 aromatic heterocycles. The van der Waals surface area contributed by atoms with Crippen molar-refractivity contribution in [2.75, 3.05) is 0 Å². The van der Waals surface area contributed by atoms with E-state index in [1.807, 2.05) is 5.48 Å². The van der Waals surface area contributed by atoms with Crippen LogP contribution < -0.4 is 5.48 Å². The van der Waals surface area contributed by atoms with Crippen molar-refractivity contribution in [3.05, 3.63) is 0 Å². The molecule has 5 heteroatoms. The summed E-state index contributed by atoms with van der Waals surface area (Å²) >= 11 is 10.5. The maximum atomic E-state index is 8.91. The fourth-order valence-corrected chi connectivity index (χ4v) is 0.731. The second kappa shape index (κ2) is 4.30. The van der Waals surface area contributed by atoms with E-state index in [-0.39, 0.29) is 0 Å². The van der Waals surface area contributed by atoms with E-state index >= 15 is 0 Å². The highest BCUT2D eigenvalue weighted by Gasteiger charge is 2.19. The fraction of sp³-hybridized carbons (Fsp3) is 1.00. The molecule has 0 spiro atoms. The molecule has 9 heavy (non-hydrogen) atoms. The molecule has 0 aromatic rings. The van der Waals surface area contributed by atoms with Gasteiger partial charge in [0.2, 0.25) is 0 Å². The molecular weight excluding hydrogens is 165 g/mol. The SMILES string of the molecule is CC(NO)C(O)C(Cl)Cl. The molecule has 0 radical (unpaired) electrons. The molecule has 0 saturated carbocycles. The Morgan fingerprint density at radius 1 is 1.44 bits per heavy atom. The topological polar surface area (TPSA) is 52.5 Å². The smallest absolute Gasteiger partial charge is 0.135 e. The van der Waals surface area contributed by atoms with Gasteiger partial charge in [-0.25, -0.2) is 5.48 Å². The minimum absolute atomic E-state index is 0.509. The zero-order chi connectivity index (χ0) is 7.44. The number of aliphatic hydroxyl groups is 1. The van der Waals surface area contributed by atoms with Crippen LogP contribution in [0.3, 0.4) is 0 Å². The molecular formula is C4H9Cl2NO2. The molecule has 0 aromatic carbocycles. The Bertz CT molecular complexity index is 81.0. The molecule has 0 rings (SSSR count). The Balaban J connectivity index is 3.58. The summed E-state index contributed by atoms with van der Waals surface area (Å²) in [6, 6.07) is -0.509. The van der Waals surface area contributed by atoms with Crippen LogP contribution in [0.25, 0.3) is 0 Å². The average Bonchev–Trinajstić information content (AvgIpc) is 1.84. The normalized spacial score (nSPS) is 18.0. The quantitative estimate of drug-likeness (QED) is 0.431. The van der Waals surface area contributed by atoms with Crippen LogP contribution in [0.4, 0.5) is 0 Å². The van der Waals surface area contributed by atoms with E-state index in [4.69, 9.17) is 33.5 Å². The van der Waals surface area contributed by atoms with Crippen molar-refractivity contribution in [3.63, 3.8) is 0 Å². The first-order valence-corrected chi connectivity index (χ1v) is 3.32. The van der Waals surface area contributed by atoms with Crippen molar-refractivity contribution in [2.24, 2.45) is 0 Å². The number of rotatable bonds is 3. The molecule has 0 bridgehead atoms. The lowest BCUT2D eigenvalue weighted by molar-refractivity contribution is 0.0543. The van der Waals surface area contributed by atoms with E-state index in [0.29, 0.717) is 0 Å². The summed E-state index contributed by atoms with van der Waals surface area (Å²) in [5.74, 6) is 0. The van der Waals surface area contributed by atoms with Crippen LogP contribution in [0.5, 0.6) is 0 Å². The molecule has 0 saturated heterocycles. The Morgan fingerprint density at radius 2 is 1.89 bits per heavy atom. The monoisotopic (exact) mass is 173 g/mol. The van der Waals surface area contributed by atoms with E-state index in [0.717, 1.165) is 0 Å². The molecule has 2 unspecified atom stereocenters. The predicted octanol–water partition coefficient (Wildman–Crippen LogP) is 0.518. The molecule has 0 fully saturated rings. The van der Waals surface area contributed by atoms with Gasteiger partial charge in [0.25, 0.3) is 0 Å². The van der Waals surface area contributed by atoms with Crippen LogP contribution in [0.2, 0.25) is 0 Å². The lowest BCUT2D eigenvalue weighted by Gasteiger charge is -2.16. The van der Waals surface area contributed by atoms with Gasteiger partial charge < -0.3 is 10.3 Å². The van der Waals surface area contributed by atoms with Gasteiger partial charge in [-0.05, 0) is 6.92 Å². The Labute approximate surface area is 63.5 Å². The maximum absolute atomic E-state index is 8.91. The summed E-state index contributed by atoms with van der Waals surface area (Å²) in [4.78, 5) is -0.875. The lowest BCUT2D eigenvalue weighted by atomic mass is 10.2. The third-order valence-electron chi connectivity index (χ3n) is 0.974. The summed E-state index contributed by atoms with van der Waals surface area (Å²) in [7, 11) is 0. The highest BCUT2D eigenvalue weighted by Crippen LogP contribution is 2.10. The molecule has 0 aliphatic carbocycles. The molecule has 0 heterocycles. The van der Waals surface area contributed by atoms with Crippen molar-refractivity contribution in [1.29, 1.82) is 0 Å². The molecule has 0 amide bonds. The Hall–Kier alpha value is 0.460. The van der Waals surface area contributed by atoms with Crippen LogP contribution in [-0.4, -0.2) is 27.3 Å². The van der Waals surface area contributed by atoms with Gasteiger partial charge in [0.05, 0.1) is 6.04 Å². The number of nitrogens with one attached hydrogen (secondary N) is 1. The molecule has 2 atom stereocenters. The van der Waals surface area contributed by atoms with E-state index in [2.05, 4.69) is 0 Å². The molecule has 0 aliphatic rings. The van der Waals surface area contributed by atoms with Crippen molar-refractivity contribution in [1.82, 2.24) is 5.48 Å². The van der Waals surface area contributed by atoms with Gasteiger partial charge in [-0.1, -0.05) is 0 Å². The number of halogens is 2. The van der Waals surface area contributed by atoms with E-state index in [9.17, 15) is 0 Å². The molecule has 3 N–H and O–H groups in total. The highest BCUT2D eigenvalue weighted by molar-refractivity contribution is 6.44. The standard InChI is InChI=1S/C4H9Cl2NO2/c1-2(7-9)3(8)4(5)6/h2-4,7-9H,1H3.